The molecule has 144 valence electrons. The molecule has 0 saturated heterocycles. The molecule has 11 heteroatoms. The number of nitrogens with zero attached hydrogens (tertiary/aromatic N) is 3. The summed E-state index contributed by atoms with van der Waals surface area (Å²) >= 11 is 1.08. The van der Waals surface area contributed by atoms with E-state index in [0.717, 1.165) is 11.3 Å². The zero-order valence-corrected chi connectivity index (χ0v) is 15.0. The minimum Gasteiger partial charge on any atom is -0.484 e. The highest BCUT2D eigenvalue weighted by Gasteiger charge is 2.11. The van der Waals surface area contributed by atoms with Crippen molar-refractivity contribution >= 4 is 28.1 Å². The second kappa shape index (κ2) is 8.86. The van der Waals surface area contributed by atoms with Crippen molar-refractivity contribution in [3.05, 3.63) is 69.5 Å². The van der Waals surface area contributed by atoms with Crippen molar-refractivity contribution in [3.8, 4) is 11.5 Å². The number of para-hydroxylation sites is 1. The molecule has 3 rings (SSSR count). The molecule has 28 heavy (non-hydrogen) atoms. The van der Waals surface area contributed by atoms with Crippen LogP contribution in [-0.4, -0.2) is 27.6 Å². The Kier molecular flexibility index (Phi) is 6.07. The van der Waals surface area contributed by atoms with Crippen molar-refractivity contribution in [2.45, 2.75) is 6.61 Å². The van der Waals surface area contributed by atoms with Gasteiger partial charge in [-0.05, 0) is 24.3 Å². The van der Waals surface area contributed by atoms with E-state index < -0.39 is 16.6 Å². The maximum Gasteiger partial charge on any atom is 0.269 e. The van der Waals surface area contributed by atoms with E-state index in [1.54, 1.807) is 12.1 Å². The molecule has 0 unspecified atom stereocenters. The van der Waals surface area contributed by atoms with Gasteiger partial charge >= 0.3 is 0 Å². The number of rotatable bonds is 8. The first-order chi connectivity index (χ1) is 13.5. The molecule has 0 saturated carbocycles. The van der Waals surface area contributed by atoms with Crippen molar-refractivity contribution in [1.29, 1.82) is 0 Å². The van der Waals surface area contributed by atoms with Crippen LogP contribution in [0.2, 0.25) is 0 Å². The van der Waals surface area contributed by atoms with Gasteiger partial charge in [0, 0.05) is 12.1 Å². The molecular formula is C17H13FN4O5S. The van der Waals surface area contributed by atoms with Gasteiger partial charge in [0.15, 0.2) is 23.2 Å². The van der Waals surface area contributed by atoms with Crippen LogP contribution in [0, 0.1) is 15.9 Å². The van der Waals surface area contributed by atoms with Crippen molar-refractivity contribution < 1.29 is 23.6 Å². The zero-order chi connectivity index (χ0) is 19.9. The van der Waals surface area contributed by atoms with E-state index in [4.69, 9.17) is 9.47 Å². The van der Waals surface area contributed by atoms with Crippen molar-refractivity contribution in [2.75, 3.05) is 11.9 Å². The van der Waals surface area contributed by atoms with Crippen LogP contribution in [0.1, 0.15) is 5.01 Å². The second-order valence-corrected chi connectivity index (χ2v) is 6.37. The summed E-state index contributed by atoms with van der Waals surface area (Å²) in [6, 6.07) is 11.3. The Morgan fingerprint density at radius 2 is 1.89 bits per heavy atom. The molecule has 3 aromatic rings. The topological polar surface area (TPSA) is 116 Å². The number of nitrogens with one attached hydrogen (secondary N) is 1. The Morgan fingerprint density at radius 1 is 1.14 bits per heavy atom. The minimum absolute atomic E-state index is 0.00770. The Bertz CT molecular complexity index is 980. The molecule has 0 spiro atoms. The van der Waals surface area contributed by atoms with E-state index in [9.17, 15) is 19.3 Å². The number of anilines is 1. The first kappa shape index (κ1) is 19.2. The molecular weight excluding hydrogens is 391 g/mol. The lowest BCUT2D eigenvalue weighted by atomic mass is 10.3. The normalized spacial score (nSPS) is 10.3. The van der Waals surface area contributed by atoms with Gasteiger partial charge in [-0.2, -0.15) is 0 Å². The molecule has 1 aromatic heterocycles. The number of nitro groups is 1. The van der Waals surface area contributed by atoms with Gasteiger partial charge < -0.3 is 9.47 Å². The lowest BCUT2D eigenvalue weighted by molar-refractivity contribution is -0.384. The van der Waals surface area contributed by atoms with Crippen LogP contribution in [0.5, 0.6) is 11.5 Å². The third-order valence-corrected chi connectivity index (χ3v) is 4.13. The molecule has 9 nitrogen and oxygen atoms in total. The second-order valence-electron chi connectivity index (χ2n) is 5.31. The number of aromatic nitrogens is 2. The van der Waals surface area contributed by atoms with Crippen molar-refractivity contribution in [3.63, 3.8) is 0 Å². The van der Waals surface area contributed by atoms with Crippen LogP contribution < -0.4 is 14.8 Å². The maximum absolute atomic E-state index is 13.5. The third kappa shape index (κ3) is 5.20. The van der Waals surface area contributed by atoms with Gasteiger partial charge in [0.2, 0.25) is 5.13 Å². The Labute approximate surface area is 161 Å². The van der Waals surface area contributed by atoms with E-state index in [2.05, 4.69) is 15.5 Å². The standard InChI is InChI=1S/C17H13FN4O5S/c18-13-3-1-2-4-14(13)27-10-16-20-21-17(28-16)19-15(23)9-26-12-7-5-11(6-8-12)22(24)25/h1-8H,9-10H2,(H,19,21,23). The first-order valence-corrected chi connectivity index (χ1v) is 8.70. The largest absolute Gasteiger partial charge is 0.484 e. The van der Waals surface area contributed by atoms with Crippen LogP contribution in [0.25, 0.3) is 0 Å². The molecule has 0 aliphatic heterocycles. The number of ether oxygens (including phenoxy) is 2. The average Bonchev–Trinajstić information content (AvgIpc) is 3.13. The predicted molar refractivity (Wildman–Crippen MR) is 97.9 cm³/mol. The number of carbonyl (C=O) groups is 1. The quantitative estimate of drug-likeness (QED) is 0.453. The number of hydrogen-bond donors (Lipinski definition) is 1. The number of benzene rings is 2. The fraction of sp³-hybridized carbons (Fsp3) is 0.118. The Morgan fingerprint density at radius 3 is 2.61 bits per heavy atom. The average molecular weight is 404 g/mol. The highest BCUT2D eigenvalue weighted by molar-refractivity contribution is 7.15. The van der Waals surface area contributed by atoms with Crippen LogP contribution in [0.4, 0.5) is 15.2 Å². The molecule has 2 aromatic carbocycles. The van der Waals surface area contributed by atoms with Gasteiger partial charge in [-0.1, -0.05) is 23.5 Å². The molecule has 0 radical (unpaired) electrons. The molecule has 0 bridgehead atoms. The summed E-state index contributed by atoms with van der Waals surface area (Å²) in [5.41, 5.74) is -0.0733. The van der Waals surface area contributed by atoms with E-state index in [1.807, 2.05) is 0 Å². The van der Waals surface area contributed by atoms with Crippen LogP contribution >= 0.6 is 11.3 Å². The summed E-state index contributed by atoms with van der Waals surface area (Å²) in [4.78, 5) is 22.0. The monoisotopic (exact) mass is 404 g/mol. The van der Waals surface area contributed by atoms with Gasteiger partial charge in [-0.15, -0.1) is 10.2 Å². The van der Waals surface area contributed by atoms with Crippen LogP contribution in [0.15, 0.2) is 48.5 Å². The first-order valence-electron chi connectivity index (χ1n) is 7.88. The Balaban J connectivity index is 1.47. The number of hydrogen-bond acceptors (Lipinski definition) is 8. The van der Waals surface area contributed by atoms with E-state index in [-0.39, 0.29) is 29.8 Å². The van der Waals surface area contributed by atoms with Crippen LogP contribution in [-0.2, 0) is 11.4 Å². The van der Waals surface area contributed by atoms with E-state index >= 15 is 0 Å². The van der Waals surface area contributed by atoms with Gasteiger partial charge in [0.1, 0.15) is 12.4 Å². The van der Waals surface area contributed by atoms with Crippen molar-refractivity contribution in [1.82, 2.24) is 10.2 Å². The molecule has 1 heterocycles. The minimum atomic E-state index is -0.528. The van der Waals surface area contributed by atoms with Gasteiger partial charge in [0.25, 0.3) is 11.6 Å². The lowest BCUT2D eigenvalue weighted by Gasteiger charge is -2.05. The van der Waals surface area contributed by atoms with Crippen LogP contribution in [0.3, 0.4) is 0 Å². The summed E-state index contributed by atoms with van der Waals surface area (Å²) in [5.74, 6) is -0.545. The SMILES string of the molecule is O=C(COc1ccc([N+](=O)[O-])cc1)Nc1nnc(COc2ccccc2F)s1. The third-order valence-electron chi connectivity index (χ3n) is 3.32. The smallest absolute Gasteiger partial charge is 0.269 e. The number of nitro benzene ring substituents is 1. The summed E-state index contributed by atoms with van der Waals surface area (Å²) < 4.78 is 24.1. The van der Waals surface area contributed by atoms with Crippen molar-refractivity contribution in [2.24, 2.45) is 0 Å². The van der Waals surface area contributed by atoms with Gasteiger partial charge in [-0.25, -0.2) is 4.39 Å². The number of carbonyl (C=O) groups excluding carboxylic acids is 1. The summed E-state index contributed by atoms with van der Waals surface area (Å²) in [5, 5.41) is 21.5. The predicted octanol–water partition coefficient (Wildman–Crippen LogP) is 3.18. The molecule has 1 amide bonds. The fourth-order valence-electron chi connectivity index (χ4n) is 2.03. The molecule has 0 aliphatic carbocycles. The molecule has 0 aliphatic rings. The fourth-order valence-corrected chi connectivity index (χ4v) is 2.70. The summed E-state index contributed by atoms with van der Waals surface area (Å²) in [6.45, 7) is -0.299. The summed E-state index contributed by atoms with van der Waals surface area (Å²) in [6.07, 6.45) is 0. The summed E-state index contributed by atoms with van der Waals surface area (Å²) in [7, 11) is 0. The number of halogens is 1. The van der Waals surface area contributed by atoms with E-state index in [0.29, 0.717) is 10.8 Å². The van der Waals surface area contributed by atoms with Gasteiger partial charge in [0.05, 0.1) is 4.92 Å². The Hall–Kier alpha value is -3.60. The lowest BCUT2D eigenvalue weighted by Crippen LogP contribution is -2.20. The number of non-ortho nitro benzene ring substituents is 1. The highest BCUT2D eigenvalue weighted by Crippen LogP contribution is 2.21. The zero-order valence-electron chi connectivity index (χ0n) is 14.2. The van der Waals surface area contributed by atoms with Gasteiger partial charge in [-0.3, -0.25) is 20.2 Å². The molecule has 0 fully saturated rings. The highest BCUT2D eigenvalue weighted by atomic mass is 32.1. The molecule has 1 N–H and O–H groups in total. The maximum atomic E-state index is 13.5. The number of amides is 1. The van der Waals surface area contributed by atoms with E-state index in [1.165, 1.54) is 36.4 Å². The molecule has 0 atom stereocenters.